The Morgan fingerprint density at radius 3 is 2.36 bits per heavy atom. The number of hydrogen-bond donors (Lipinski definition) is 2. The van der Waals surface area contributed by atoms with Crippen LogP contribution in [0.5, 0.6) is 0 Å². The first kappa shape index (κ1) is 11.3. The summed E-state index contributed by atoms with van der Waals surface area (Å²) >= 11 is 4.49. The molecule has 0 aromatic carbocycles. The Hall–Kier alpha value is -0.730. The van der Waals surface area contributed by atoms with Gasteiger partial charge in [-0.15, -0.1) is 0 Å². The van der Waals surface area contributed by atoms with Crippen LogP contribution >= 0.6 is 12.2 Å². The predicted octanol–water partition coefficient (Wildman–Crippen LogP) is -1.84. The summed E-state index contributed by atoms with van der Waals surface area (Å²) in [6, 6.07) is -0.727. The van der Waals surface area contributed by atoms with E-state index in [1.54, 1.807) is 0 Å². The molecule has 0 bridgehead atoms. The summed E-state index contributed by atoms with van der Waals surface area (Å²) in [5.74, 6) is -1.05. The van der Waals surface area contributed by atoms with Gasteiger partial charge in [0.1, 0.15) is 11.8 Å². The molecule has 8 heteroatoms. The molecule has 0 saturated carbocycles. The SMILES string of the molecule is NC(=O)C1CCN1S(=O)(=O)CC(N)=S. The summed E-state index contributed by atoms with van der Waals surface area (Å²) in [5.41, 5.74) is 10.1. The molecule has 14 heavy (non-hydrogen) atoms. The first-order chi connectivity index (χ1) is 6.34. The smallest absolute Gasteiger partial charge is 0.235 e. The molecule has 1 atom stereocenters. The Morgan fingerprint density at radius 1 is 1.50 bits per heavy atom. The molecule has 6 nitrogen and oxygen atoms in total. The van der Waals surface area contributed by atoms with Crippen LogP contribution in [0.25, 0.3) is 0 Å². The molecule has 1 saturated heterocycles. The van der Waals surface area contributed by atoms with Crippen molar-refractivity contribution in [3.05, 3.63) is 0 Å². The molecular weight excluding hydrogens is 226 g/mol. The highest BCUT2D eigenvalue weighted by Gasteiger charge is 2.40. The second kappa shape index (κ2) is 3.79. The molecule has 1 aliphatic heterocycles. The van der Waals surface area contributed by atoms with E-state index in [2.05, 4.69) is 12.2 Å². The lowest BCUT2D eigenvalue weighted by atomic mass is 10.1. The van der Waals surface area contributed by atoms with Crippen molar-refractivity contribution in [2.45, 2.75) is 12.5 Å². The van der Waals surface area contributed by atoms with Crippen LogP contribution < -0.4 is 11.5 Å². The standard InChI is InChI=1S/C6H11N3O3S2/c7-5(13)3-14(11,12)9-2-1-4(9)6(8)10/h4H,1-3H2,(H2,7,13)(H2,8,10). The van der Waals surface area contributed by atoms with Crippen LogP contribution in [0.1, 0.15) is 6.42 Å². The van der Waals surface area contributed by atoms with Crippen LogP contribution in [0.2, 0.25) is 0 Å². The normalized spacial score (nSPS) is 22.7. The number of primary amides is 1. The van der Waals surface area contributed by atoms with Crippen molar-refractivity contribution in [2.75, 3.05) is 12.3 Å². The highest BCUT2D eigenvalue weighted by Crippen LogP contribution is 2.21. The number of nitrogens with two attached hydrogens (primary N) is 2. The molecule has 1 heterocycles. The number of hydrogen-bond acceptors (Lipinski definition) is 4. The number of rotatable bonds is 4. The largest absolute Gasteiger partial charge is 0.392 e. The maximum absolute atomic E-state index is 11.5. The monoisotopic (exact) mass is 237 g/mol. The second-order valence-electron chi connectivity index (χ2n) is 3.04. The molecule has 0 aliphatic carbocycles. The maximum atomic E-state index is 11.5. The van der Waals surface area contributed by atoms with Crippen LogP contribution in [0.3, 0.4) is 0 Å². The van der Waals surface area contributed by atoms with Gasteiger partial charge in [-0.1, -0.05) is 12.2 Å². The Labute approximate surface area is 87.3 Å². The minimum Gasteiger partial charge on any atom is -0.392 e. The molecule has 1 unspecified atom stereocenters. The summed E-state index contributed by atoms with van der Waals surface area (Å²) in [4.78, 5) is 10.7. The van der Waals surface area contributed by atoms with Crippen molar-refractivity contribution in [2.24, 2.45) is 11.5 Å². The van der Waals surface area contributed by atoms with Crippen LogP contribution in [-0.4, -0.2) is 42.0 Å². The van der Waals surface area contributed by atoms with Gasteiger partial charge in [0.2, 0.25) is 15.9 Å². The van der Waals surface area contributed by atoms with Crippen LogP contribution in [0.15, 0.2) is 0 Å². The van der Waals surface area contributed by atoms with E-state index in [9.17, 15) is 13.2 Å². The van der Waals surface area contributed by atoms with Gasteiger partial charge in [-0.05, 0) is 6.42 Å². The van der Waals surface area contributed by atoms with E-state index >= 15 is 0 Å². The molecule has 1 fully saturated rings. The Balaban J connectivity index is 2.75. The van der Waals surface area contributed by atoms with E-state index in [0.717, 1.165) is 4.31 Å². The number of thiocarbonyl (C=S) groups is 1. The lowest BCUT2D eigenvalue weighted by molar-refractivity contribution is -0.124. The fraction of sp³-hybridized carbons (Fsp3) is 0.667. The molecular formula is C6H11N3O3S2. The van der Waals surface area contributed by atoms with Crippen molar-refractivity contribution in [3.8, 4) is 0 Å². The molecule has 1 amide bonds. The number of nitrogens with zero attached hydrogens (tertiary/aromatic N) is 1. The van der Waals surface area contributed by atoms with E-state index in [1.807, 2.05) is 0 Å². The van der Waals surface area contributed by atoms with Crippen molar-refractivity contribution in [1.29, 1.82) is 0 Å². The minimum absolute atomic E-state index is 0.111. The highest BCUT2D eigenvalue weighted by atomic mass is 32.2. The number of carbonyl (C=O) groups excluding carboxylic acids is 1. The summed E-state index contributed by atoms with van der Waals surface area (Å²) in [7, 11) is -3.55. The van der Waals surface area contributed by atoms with Gasteiger partial charge in [0.25, 0.3) is 0 Å². The van der Waals surface area contributed by atoms with E-state index in [1.165, 1.54) is 0 Å². The fourth-order valence-corrected chi connectivity index (χ4v) is 3.20. The molecule has 0 aromatic heterocycles. The Kier molecular flexibility index (Phi) is 3.07. The van der Waals surface area contributed by atoms with Gasteiger partial charge in [0.05, 0.1) is 4.99 Å². The van der Waals surface area contributed by atoms with Crippen LogP contribution in [0.4, 0.5) is 0 Å². The zero-order chi connectivity index (χ0) is 10.9. The number of amides is 1. The molecule has 4 N–H and O–H groups in total. The van der Waals surface area contributed by atoms with Gasteiger partial charge in [0.15, 0.2) is 0 Å². The van der Waals surface area contributed by atoms with E-state index in [4.69, 9.17) is 11.5 Å². The molecule has 80 valence electrons. The topological polar surface area (TPSA) is 106 Å². The van der Waals surface area contributed by atoms with E-state index < -0.39 is 27.7 Å². The highest BCUT2D eigenvalue weighted by molar-refractivity contribution is 7.92. The maximum Gasteiger partial charge on any atom is 0.235 e. The van der Waals surface area contributed by atoms with Crippen molar-refractivity contribution < 1.29 is 13.2 Å². The van der Waals surface area contributed by atoms with Gasteiger partial charge < -0.3 is 11.5 Å². The van der Waals surface area contributed by atoms with Crippen LogP contribution in [0, 0.1) is 0 Å². The third-order valence-corrected chi connectivity index (χ3v) is 4.14. The lowest BCUT2D eigenvalue weighted by Gasteiger charge is -2.37. The van der Waals surface area contributed by atoms with E-state index in [-0.39, 0.29) is 4.99 Å². The summed E-state index contributed by atoms with van der Waals surface area (Å²) in [5, 5.41) is 0. The number of carbonyl (C=O) groups is 1. The van der Waals surface area contributed by atoms with Crippen LogP contribution in [-0.2, 0) is 14.8 Å². The Bertz CT molecular complexity index is 365. The third-order valence-electron chi connectivity index (χ3n) is 1.98. The molecule has 0 radical (unpaired) electrons. The van der Waals surface area contributed by atoms with Crippen molar-refractivity contribution >= 4 is 33.1 Å². The summed E-state index contributed by atoms with van der Waals surface area (Å²) in [6.07, 6.45) is 0.464. The zero-order valence-corrected chi connectivity index (χ0v) is 8.97. The van der Waals surface area contributed by atoms with E-state index in [0.29, 0.717) is 13.0 Å². The molecule has 1 aliphatic rings. The zero-order valence-electron chi connectivity index (χ0n) is 7.34. The van der Waals surface area contributed by atoms with Gasteiger partial charge in [-0.2, -0.15) is 4.31 Å². The van der Waals surface area contributed by atoms with Gasteiger partial charge in [-0.3, -0.25) is 4.79 Å². The second-order valence-corrected chi connectivity index (χ2v) is 5.49. The van der Waals surface area contributed by atoms with Gasteiger partial charge in [-0.25, -0.2) is 8.42 Å². The van der Waals surface area contributed by atoms with Crippen molar-refractivity contribution in [1.82, 2.24) is 4.31 Å². The fourth-order valence-electron chi connectivity index (χ4n) is 1.24. The predicted molar refractivity (Wildman–Crippen MR) is 54.9 cm³/mol. The lowest BCUT2D eigenvalue weighted by Crippen LogP contribution is -2.58. The van der Waals surface area contributed by atoms with Crippen molar-refractivity contribution in [3.63, 3.8) is 0 Å². The average Bonchev–Trinajstić information content (AvgIpc) is 1.75. The van der Waals surface area contributed by atoms with Gasteiger partial charge in [0, 0.05) is 6.54 Å². The number of sulfonamides is 1. The Morgan fingerprint density at radius 2 is 2.07 bits per heavy atom. The molecule has 0 aromatic rings. The summed E-state index contributed by atoms with van der Waals surface area (Å²) < 4.78 is 24.0. The summed E-state index contributed by atoms with van der Waals surface area (Å²) in [6.45, 7) is 0.304. The minimum atomic E-state index is -3.55. The first-order valence-electron chi connectivity index (χ1n) is 3.92. The molecule has 1 rings (SSSR count). The first-order valence-corrected chi connectivity index (χ1v) is 5.93. The van der Waals surface area contributed by atoms with Gasteiger partial charge >= 0.3 is 0 Å². The quantitative estimate of drug-likeness (QED) is 0.559. The average molecular weight is 237 g/mol. The third kappa shape index (κ3) is 2.20. The molecule has 0 spiro atoms.